The van der Waals surface area contributed by atoms with E-state index in [4.69, 9.17) is 5.73 Å². The quantitative estimate of drug-likeness (QED) is 0.805. The standard InChI is InChI=1S/C11H11FN2S/c1-6-5-8(3-4-9(6)12)10-7(2)15-11(13)14-10/h3-5H,1-2H3,(H2,13,14). The second-order valence-electron chi connectivity index (χ2n) is 3.42. The van der Waals surface area contributed by atoms with Gasteiger partial charge in [0.2, 0.25) is 0 Å². The second kappa shape index (κ2) is 3.62. The number of aromatic nitrogens is 1. The molecule has 0 fully saturated rings. The van der Waals surface area contributed by atoms with Crippen LogP contribution in [0.15, 0.2) is 18.2 Å². The number of rotatable bonds is 1. The molecule has 0 saturated heterocycles. The Morgan fingerprint density at radius 2 is 2.07 bits per heavy atom. The predicted octanol–water partition coefficient (Wildman–Crippen LogP) is 3.15. The van der Waals surface area contributed by atoms with Crippen LogP contribution in [-0.2, 0) is 0 Å². The summed E-state index contributed by atoms with van der Waals surface area (Å²) in [5.41, 5.74) is 8.01. The summed E-state index contributed by atoms with van der Waals surface area (Å²) in [6.45, 7) is 3.70. The first-order valence-corrected chi connectivity index (χ1v) is 5.39. The Kier molecular flexibility index (Phi) is 2.44. The first-order chi connectivity index (χ1) is 7.08. The maximum Gasteiger partial charge on any atom is 0.180 e. The molecule has 0 amide bonds. The summed E-state index contributed by atoms with van der Waals surface area (Å²) in [5.74, 6) is -0.195. The van der Waals surface area contributed by atoms with Gasteiger partial charge in [0, 0.05) is 10.4 Å². The van der Waals surface area contributed by atoms with Crippen molar-refractivity contribution in [3.8, 4) is 11.3 Å². The first kappa shape index (κ1) is 10.1. The van der Waals surface area contributed by atoms with Gasteiger partial charge in [-0.15, -0.1) is 11.3 Å². The molecular formula is C11H11FN2S. The molecule has 0 aliphatic carbocycles. The molecule has 2 rings (SSSR count). The average molecular weight is 222 g/mol. The minimum absolute atomic E-state index is 0.195. The monoisotopic (exact) mass is 222 g/mol. The van der Waals surface area contributed by atoms with Crippen LogP contribution in [0.5, 0.6) is 0 Å². The van der Waals surface area contributed by atoms with Crippen molar-refractivity contribution in [2.75, 3.05) is 5.73 Å². The summed E-state index contributed by atoms with van der Waals surface area (Å²) >= 11 is 1.45. The Bertz CT molecular complexity index is 505. The molecule has 1 aromatic carbocycles. The van der Waals surface area contributed by atoms with Gasteiger partial charge in [0.1, 0.15) is 5.82 Å². The lowest BCUT2D eigenvalue weighted by Gasteiger charge is -2.01. The SMILES string of the molecule is Cc1cc(-c2nc(N)sc2C)ccc1F. The topological polar surface area (TPSA) is 38.9 Å². The molecule has 0 aliphatic heterocycles. The number of benzene rings is 1. The van der Waals surface area contributed by atoms with Gasteiger partial charge >= 0.3 is 0 Å². The molecule has 2 N–H and O–H groups in total. The Balaban J connectivity index is 2.54. The van der Waals surface area contributed by atoms with Gasteiger partial charge in [-0.2, -0.15) is 0 Å². The fraction of sp³-hybridized carbons (Fsp3) is 0.182. The van der Waals surface area contributed by atoms with E-state index in [9.17, 15) is 4.39 Å². The second-order valence-corrected chi connectivity index (χ2v) is 4.66. The van der Waals surface area contributed by atoms with E-state index in [1.54, 1.807) is 19.1 Å². The van der Waals surface area contributed by atoms with Gasteiger partial charge in [0.15, 0.2) is 5.13 Å². The summed E-state index contributed by atoms with van der Waals surface area (Å²) < 4.78 is 13.1. The molecule has 0 saturated carbocycles. The largest absolute Gasteiger partial charge is 0.375 e. The van der Waals surface area contributed by atoms with Crippen molar-refractivity contribution >= 4 is 16.5 Å². The third kappa shape index (κ3) is 1.85. The van der Waals surface area contributed by atoms with Crippen LogP contribution in [-0.4, -0.2) is 4.98 Å². The van der Waals surface area contributed by atoms with Crippen molar-refractivity contribution in [1.29, 1.82) is 0 Å². The predicted molar refractivity (Wildman–Crippen MR) is 61.4 cm³/mol. The highest BCUT2D eigenvalue weighted by Gasteiger charge is 2.09. The lowest BCUT2D eigenvalue weighted by molar-refractivity contribution is 0.619. The van der Waals surface area contributed by atoms with E-state index in [1.165, 1.54) is 17.4 Å². The molecule has 0 unspecified atom stereocenters. The number of thiazole rings is 1. The van der Waals surface area contributed by atoms with Crippen LogP contribution in [0.2, 0.25) is 0 Å². The minimum Gasteiger partial charge on any atom is -0.375 e. The molecule has 2 nitrogen and oxygen atoms in total. The number of nitrogens with two attached hydrogens (primary N) is 1. The Morgan fingerprint density at radius 1 is 1.33 bits per heavy atom. The van der Waals surface area contributed by atoms with Gasteiger partial charge in [0.25, 0.3) is 0 Å². The number of halogens is 1. The van der Waals surface area contributed by atoms with E-state index >= 15 is 0 Å². The average Bonchev–Trinajstić information content (AvgIpc) is 2.50. The van der Waals surface area contributed by atoms with Crippen molar-refractivity contribution in [3.63, 3.8) is 0 Å². The summed E-state index contributed by atoms with van der Waals surface area (Å²) in [4.78, 5) is 5.28. The van der Waals surface area contributed by atoms with E-state index < -0.39 is 0 Å². The number of hydrogen-bond donors (Lipinski definition) is 1. The highest BCUT2D eigenvalue weighted by atomic mass is 32.1. The van der Waals surface area contributed by atoms with Crippen LogP contribution in [0.25, 0.3) is 11.3 Å². The van der Waals surface area contributed by atoms with Gasteiger partial charge in [-0.25, -0.2) is 9.37 Å². The summed E-state index contributed by atoms with van der Waals surface area (Å²) in [6, 6.07) is 4.97. The molecule has 15 heavy (non-hydrogen) atoms. The Hall–Kier alpha value is -1.42. The molecule has 0 atom stereocenters. The smallest absolute Gasteiger partial charge is 0.180 e. The lowest BCUT2D eigenvalue weighted by Crippen LogP contribution is -1.87. The normalized spacial score (nSPS) is 10.6. The van der Waals surface area contributed by atoms with Gasteiger partial charge < -0.3 is 5.73 Å². The van der Waals surface area contributed by atoms with Crippen LogP contribution >= 0.6 is 11.3 Å². The number of nitrogens with zero attached hydrogens (tertiary/aromatic N) is 1. The number of aryl methyl sites for hydroxylation is 2. The number of nitrogen functional groups attached to an aromatic ring is 1. The van der Waals surface area contributed by atoms with E-state index in [0.717, 1.165) is 16.1 Å². The fourth-order valence-corrected chi connectivity index (χ4v) is 2.19. The number of hydrogen-bond acceptors (Lipinski definition) is 3. The Morgan fingerprint density at radius 3 is 2.60 bits per heavy atom. The molecule has 1 heterocycles. The van der Waals surface area contributed by atoms with Crippen molar-refractivity contribution in [3.05, 3.63) is 34.5 Å². The van der Waals surface area contributed by atoms with Crippen molar-refractivity contribution < 1.29 is 4.39 Å². The maximum absolute atomic E-state index is 13.1. The maximum atomic E-state index is 13.1. The first-order valence-electron chi connectivity index (χ1n) is 4.57. The summed E-state index contributed by atoms with van der Waals surface area (Å²) in [7, 11) is 0. The molecule has 4 heteroatoms. The molecule has 0 radical (unpaired) electrons. The number of anilines is 1. The van der Waals surface area contributed by atoms with E-state index in [0.29, 0.717) is 10.7 Å². The van der Waals surface area contributed by atoms with E-state index in [2.05, 4.69) is 4.98 Å². The van der Waals surface area contributed by atoms with Crippen molar-refractivity contribution in [2.45, 2.75) is 13.8 Å². The molecule has 1 aromatic heterocycles. The lowest BCUT2D eigenvalue weighted by atomic mass is 10.1. The van der Waals surface area contributed by atoms with Crippen LogP contribution < -0.4 is 5.73 Å². The third-order valence-corrected chi connectivity index (χ3v) is 3.04. The van der Waals surface area contributed by atoms with Crippen molar-refractivity contribution in [1.82, 2.24) is 4.98 Å². The molecule has 0 spiro atoms. The zero-order valence-corrected chi connectivity index (χ0v) is 9.36. The van der Waals surface area contributed by atoms with Gasteiger partial charge in [-0.1, -0.05) is 0 Å². The van der Waals surface area contributed by atoms with Crippen molar-refractivity contribution in [2.24, 2.45) is 0 Å². The summed E-state index contributed by atoms with van der Waals surface area (Å²) in [5, 5.41) is 0.546. The molecule has 78 valence electrons. The van der Waals surface area contributed by atoms with Crippen LogP contribution in [0, 0.1) is 19.7 Å². The van der Waals surface area contributed by atoms with Gasteiger partial charge in [-0.05, 0) is 37.6 Å². The van der Waals surface area contributed by atoms with Gasteiger partial charge in [0.05, 0.1) is 5.69 Å². The fourth-order valence-electron chi connectivity index (χ4n) is 1.48. The zero-order chi connectivity index (χ0) is 11.0. The zero-order valence-electron chi connectivity index (χ0n) is 8.54. The van der Waals surface area contributed by atoms with Crippen LogP contribution in [0.3, 0.4) is 0 Å². The molecule has 0 aliphatic rings. The highest BCUT2D eigenvalue weighted by Crippen LogP contribution is 2.29. The van der Waals surface area contributed by atoms with Crippen LogP contribution in [0.1, 0.15) is 10.4 Å². The van der Waals surface area contributed by atoms with E-state index in [-0.39, 0.29) is 5.82 Å². The molecule has 2 aromatic rings. The van der Waals surface area contributed by atoms with Gasteiger partial charge in [-0.3, -0.25) is 0 Å². The molecular weight excluding hydrogens is 211 g/mol. The third-order valence-electron chi connectivity index (χ3n) is 2.24. The summed E-state index contributed by atoms with van der Waals surface area (Å²) in [6.07, 6.45) is 0. The Labute approximate surface area is 91.6 Å². The molecule has 0 bridgehead atoms. The van der Waals surface area contributed by atoms with Crippen LogP contribution in [0.4, 0.5) is 9.52 Å². The minimum atomic E-state index is -0.195. The highest BCUT2D eigenvalue weighted by molar-refractivity contribution is 7.15. The van der Waals surface area contributed by atoms with E-state index in [1.807, 2.05) is 6.92 Å².